The third kappa shape index (κ3) is 4.07. The minimum Gasteiger partial charge on any atom is -0.137 e. The molecule has 0 amide bonds. The fourth-order valence-corrected chi connectivity index (χ4v) is 4.92. The van der Waals surface area contributed by atoms with E-state index in [1.165, 1.54) is 52.2 Å². The zero-order valence-corrected chi connectivity index (χ0v) is 16.8. The van der Waals surface area contributed by atoms with Gasteiger partial charge in [-0.3, -0.25) is 0 Å². The lowest BCUT2D eigenvalue weighted by Crippen LogP contribution is -2.08. The summed E-state index contributed by atoms with van der Waals surface area (Å²) in [5.74, 6) is 0.779. The van der Waals surface area contributed by atoms with Gasteiger partial charge in [-0.05, 0) is 84.7 Å². The van der Waals surface area contributed by atoms with Gasteiger partial charge in [0, 0.05) is 0 Å². The SMILES string of the molecule is CPCC(CP)Cc1ccc2c(c1)C=C=CC1=C2C=CC(C)=CC1. The summed E-state index contributed by atoms with van der Waals surface area (Å²) < 4.78 is 0. The van der Waals surface area contributed by atoms with E-state index in [1.807, 2.05) is 0 Å². The van der Waals surface area contributed by atoms with Crippen molar-refractivity contribution in [2.75, 3.05) is 19.0 Å². The van der Waals surface area contributed by atoms with Gasteiger partial charge >= 0.3 is 0 Å². The molecule has 2 aliphatic carbocycles. The standard InChI is InChI=1S/C22H26P2/c1-16-6-9-19-4-3-5-20-13-17(12-18(14-23)15-24-2)8-11-22(20)21(19)10-7-16/h4-8,10-11,13,18,24H,9,12,14-15,23H2,1-2H3. The van der Waals surface area contributed by atoms with Crippen molar-refractivity contribution in [3.63, 3.8) is 0 Å². The quantitative estimate of drug-likeness (QED) is 0.459. The molecular formula is C22H26P2. The molecule has 0 N–H and O–H groups in total. The van der Waals surface area contributed by atoms with Crippen LogP contribution >= 0.6 is 17.8 Å². The zero-order chi connectivity index (χ0) is 16.9. The van der Waals surface area contributed by atoms with Crippen molar-refractivity contribution in [1.29, 1.82) is 0 Å². The maximum Gasteiger partial charge on any atom is -0.00794 e. The molecule has 0 bridgehead atoms. The molecule has 3 unspecified atom stereocenters. The van der Waals surface area contributed by atoms with Gasteiger partial charge in [0.15, 0.2) is 0 Å². The van der Waals surface area contributed by atoms with Crippen LogP contribution in [0, 0.1) is 5.92 Å². The van der Waals surface area contributed by atoms with Crippen LogP contribution in [0.4, 0.5) is 0 Å². The van der Waals surface area contributed by atoms with Gasteiger partial charge in [-0.15, -0.1) is 23.6 Å². The van der Waals surface area contributed by atoms with Gasteiger partial charge in [0.1, 0.15) is 0 Å². The summed E-state index contributed by atoms with van der Waals surface area (Å²) in [4.78, 5) is 0. The number of hydrogen-bond acceptors (Lipinski definition) is 0. The summed E-state index contributed by atoms with van der Waals surface area (Å²) in [6, 6.07) is 7.02. The average Bonchev–Trinajstić information content (AvgIpc) is 2.87. The first-order valence-corrected chi connectivity index (χ1v) is 11.2. The molecule has 0 heterocycles. The zero-order valence-electron chi connectivity index (χ0n) is 14.6. The number of benzene rings is 1. The molecule has 2 heteroatoms. The highest BCUT2D eigenvalue weighted by Crippen LogP contribution is 2.32. The summed E-state index contributed by atoms with van der Waals surface area (Å²) in [6.45, 7) is 4.48. The third-order valence-electron chi connectivity index (χ3n) is 4.76. The molecule has 3 rings (SSSR count). The maximum atomic E-state index is 3.39. The minimum atomic E-state index is 0.779. The van der Waals surface area contributed by atoms with E-state index in [4.69, 9.17) is 0 Å². The second-order valence-corrected chi connectivity index (χ2v) is 8.25. The van der Waals surface area contributed by atoms with Gasteiger partial charge in [0.2, 0.25) is 0 Å². The van der Waals surface area contributed by atoms with Crippen LogP contribution in [-0.4, -0.2) is 19.0 Å². The van der Waals surface area contributed by atoms with Crippen LogP contribution in [0.25, 0.3) is 11.6 Å². The van der Waals surface area contributed by atoms with Crippen molar-refractivity contribution in [3.8, 4) is 0 Å². The molecule has 2 aliphatic rings. The first-order chi connectivity index (χ1) is 11.7. The molecule has 0 spiro atoms. The van der Waals surface area contributed by atoms with E-state index in [0.717, 1.165) is 20.9 Å². The Bertz CT molecular complexity index is 771. The Labute approximate surface area is 150 Å². The predicted octanol–water partition coefficient (Wildman–Crippen LogP) is 5.87. The van der Waals surface area contributed by atoms with Crippen LogP contribution in [0.2, 0.25) is 0 Å². The Morgan fingerprint density at radius 2 is 2.12 bits per heavy atom. The van der Waals surface area contributed by atoms with Gasteiger partial charge in [0.25, 0.3) is 0 Å². The van der Waals surface area contributed by atoms with Gasteiger partial charge in [-0.1, -0.05) is 42.0 Å². The predicted molar refractivity (Wildman–Crippen MR) is 114 cm³/mol. The lowest BCUT2D eigenvalue weighted by atomic mass is 9.92. The van der Waals surface area contributed by atoms with E-state index < -0.39 is 0 Å². The topological polar surface area (TPSA) is 0 Å². The molecule has 0 radical (unpaired) electrons. The van der Waals surface area contributed by atoms with Crippen LogP contribution in [-0.2, 0) is 6.42 Å². The Morgan fingerprint density at radius 1 is 1.25 bits per heavy atom. The smallest absolute Gasteiger partial charge is 0.00794 e. The summed E-state index contributed by atoms with van der Waals surface area (Å²) in [5, 5.41) is 0. The van der Waals surface area contributed by atoms with Gasteiger partial charge in [0.05, 0.1) is 0 Å². The largest absolute Gasteiger partial charge is 0.137 e. The van der Waals surface area contributed by atoms with Crippen LogP contribution in [0.3, 0.4) is 0 Å². The van der Waals surface area contributed by atoms with Gasteiger partial charge in [-0.25, -0.2) is 0 Å². The van der Waals surface area contributed by atoms with Gasteiger partial charge < -0.3 is 0 Å². The second-order valence-electron chi connectivity index (χ2n) is 6.66. The minimum absolute atomic E-state index is 0.779. The van der Waals surface area contributed by atoms with E-state index >= 15 is 0 Å². The molecule has 24 heavy (non-hydrogen) atoms. The Morgan fingerprint density at radius 3 is 2.92 bits per heavy atom. The Hall–Kier alpha value is -1.18. The number of allylic oxidation sites excluding steroid dienone is 7. The number of fused-ring (bicyclic) bond motifs is 2. The molecular weight excluding hydrogens is 326 g/mol. The molecule has 1 aromatic carbocycles. The molecule has 0 nitrogen and oxygen atoms in total. The van der Waals surface area contributed by atoms with E-state index in [9.17, 15) is 0 Å². The van der Waals surface area contributed by atoms with Gasteiger partial charge in [-0.2, -0.15) is 0 Å². The molecule has 0 aromatic heterocycles. The highest BCUT2D eigenvalue weighted by molar-refractivity contribution is 7.37. The first-order valence-electron chi connectivity index (χ1n) is 8.69. The Balaban J connectivity index is 1.94. The van der Waals surface area contributed by atoms with E-state index in [-0.39, 0.29) is 0 Å². The molecule has 0 saturated heterocycles. The molecule has 3 atom stereocenters. The normalized spacial score (nSPS) is 17.5. The van der Waals surface area contributed by atoms with Crippen molar-refractivity contribution in [1.82, 2.24) is 0 Å². The maximum absolute atomic E-state index is 3.39. The molecule has 0 aliphatic heterocycles. The lowest BCUT2D eigenvalue weighted by Gasteiger charge is -2.16. The number of hydrogen-bond donors (Lipinski definition) is 0. The van der Waals surface area contributed by atoms with E-state index in [2.05, 4.69) is 77.1 Å². The fourth-order valence-electron chi connectivity index (χ4n) is 3.37. The molecule has 0 saturated carbocycles. The highest BCUT2D eigenvalue weighted by Gasteiger charge is 2.14. The monoisotopic (exact) mass is 352 g/mol. The van der Waals surface area contributed by atoms with Crippen LogP contribution in [0.1, 0.15) is 30.0 Å². The summed E-state index contributed by atoms with van der Waals surface area (Å²) in [7, 11) is 3.96. The third-order valence-corrected chi connectivity index (χ3v) is 6.41. The first kappa shape index (κ1) is 17.6. The fraction of sp³-hybridized carbons (Fsp3) is 0.318. The van der Waals surface area contributed by atoms with E-state index in [1.54, 1.807) is 0 Å². The van der Waals surface area contributed by atoms with E-state index in [0.29, 0.717) is 0 Å². The average molecular weight is 352 g/mol. The highest BCUT2D eigenvalue weighted by atomic mass is 31.1. The second kappa shape index (κ2) is 8.27. The van der Waals surface area contributed by atoms with Crippen LogP contribution in [0.15, 0.2) is 59.4 Å². The number of rotatable bonds is 5. The Kier molecular flexibility index (Phi) is 6.08. The summed E-state index contributed by atoms with van der Waals surface area (Å²) >= 11 is 0. The summed E-state index contributed by atoms with van der Waals surface area (Å²) in [6.07, 6.45) is 15.8. The van der Waals surface area contributed by atoms with Crippen molar-refractivity contribution in [3.05, 3.63) is 76.1 Å². The van der Waals surface area contributed by atoms with Crippen LogP contribution < -0.4 is 0 Å². The van der Waals surface area contributed by atoms with Crippen molar-refractivity contribution >= 4 is 29.5 Å². The lowest BCUT2D eigenvalue weighted by molar-refractivity contribution is 0.668. The molecule has 0 fully saturated rings. The van der Waals surface area contributed by atoms with Crippen molar-refractivity contribution in [2.24, 2.45) is 5.92 Å². The van der Waals surface area contributed by atoms with Crippen molar-refractivity contribution < 1.29 is 0 Å². The van der Waals surface area contributed by atoms with Crippen LogP contribution in [0.5, 0.6) is 0 Å². The molecule has 1 aromatic rings. The molecule has 124 valence electrons. The summed E-state index contributed by atoms with van der Waals surface area (Å²) in [5.41, 5.74) is 11.5. The van der Waals surface area contributed by atoms with Crippen molar-refractivity contribution in [2.45, 2.75) is 19.8 Å².